The van der Waals surface area contributed by atoms with Gasteiger partial charge >= 0.3 is 0 Å². The lowest BCUT2D eigenvalue weighted by molar-refractivity contribution is -0.121. The maximum atomic E-state index is 12.6. The minimum absolute atomic E-state index is 0.290. The fraction of sp³-hybridized carbons (Fsp3) is 0.350. The number of rotatable bonds is 10. The number of carbonyl (C=O) groups is 4. The summed E-state index contributed by atoms with van der Waals surface area (Å²) in [5, 5.41) is 0. The highest BCUT2D eigenvalue weighted by molar-refractivity contribution is 6.29. The highest BCUT2D eigenvalue weighted by Gasteiger charge is 2.34. The van der Waals surface area contributed by atoms with E-state index in [9.17, 15) is 19.2 Å². The van der Waals surface area contributed by atoms with Crippen LogP contribution in [0.5, 0.6) is 0 Å². The first-order valence-electron chi connectivity index (χ1n) is 16.4. The second-order valence-corrected chi connectivity index (χ2v) is 13.2. The summed E-state index contributed by atoms with van der Waals surface area (Å²) in [4.78, 5) is 53.0. The Balaban J connectivity index is 1.51. The quantitative estimate of drug-likeness (QED) is 0.222. The van der Waals surface area contributed by atoms with Crippen LogP contribution >= 0.6 is 0 Å². The molecule has 0 aromatic heterocycles. The van der Waals surface area contributed by atoms with Crippen molar-refractivity contribution in [2.45, 2.75) is 91.9 Å². The largest absolute Gasteiger partial charge is 0.269 e. The van der Waals surface area contributed by atoms with Gasteiger partial charge in [-0.1, -0.05) is 104 Å². The maximum absolute atomic E-state index is 12.6. The van der Waals surface area contributed by atoms with Gasteiger partial charge in [0.05, 0.1) is 11.4 Å². The van der Waals surface area contributed by atoms with E-state index in [-0.39, 0.29) is 34.5 Å². The molecule has 0 fully saturated rings. The average molecular weight is 617 g/mol. The van der Waals surface area contributed by atoms with E-state index < -0.39 is 0 Å². The summed E-state index contributed by atoms with van der Waals surface area (Å²) in [5.41, 5.74) is 9.33. The lowest BCUT2D eigenvalue weighted by Gasteiger charge is -2.32. The highest BCUT2D eigenvalue weighted by Crippen LogP contribution is 2.41. The van der Waals surface area contributed by atoms with E-state index in [0.717, 1.165) is 55.9 Å². The zero-order valence-corrected chi connectivity index (χ0v) is 28.3. The van der Waals surface area contributed by atoms with Crippen LogP contribution in [-0.4, -0.2) is 23.6 Å². The van der Waals surface area contributed by atoms with Crippen molar-refractivity contribution in [1.82, 2.24) is 0 Å². The summed E-state index contributed by atoms with van der Waals surface area (Å²) in [6, 6.07) is 17.4. The highest BCUT2D eigenvalue weighted by atomic mass is 16.2. The van der Waals surface area contributed by atoms with Crippen LogP contribution in [0.1, 0.15) is 99.9 Å². The molecule has 0 saturated heterocycles. The molecule has 3 aromatic rings. The van der Waals surface area contributed by atoms with Crippen molar-refractivity contribution in [2.75, 3.05) is 9.80 Å². The van der Waals surface area contributed by atoms with Gasteiger partial charge in [0.25, 0.3) is 23.6 Å². The normalized spacial score (nSPS) is 15.2. The summed E-state index contributed by atoms with van der Waals surface area (Å²) in [6.07, 6.45) is 8.17. The van der Waals surface area contributed by atoms with Crippen LogP contribution in [0, 0.1) is 0 Å². The molecule has 238 valence electrons. The molecule has 0 N–H and O–H groups in total. The first-order valence-corrected chi connectivity index (χ1v) is 16.4. The third-order valence-electron chi connectivity index (χ3n) is 9.90. The van der Waals surface area contributed by atoms with Crippen LogP contribution in [0.15, 0.2) is 72.8 Å². The van der Waals surface area contributed by atoms with Crippen LogP contribution in [0.2, 0.25) is 0 Å². The standard InChI is InChI=1S/C40H44N2O4/c1-9-25-21-31(22-26(10-2)37(25)41-33(43)17-18-34(41)44)39(5,6)29-13-15-30(16-14-29)40(7,8)32-23-27(11-3)38(28(12-4)24-32)42-35(45)19-20-36(42)46/h13-24H,9-12H2,1-8H3. The first-order chi connectivity index (χ1) is 21.8. The molecule has 46 heavy (non-hydrogen) atoms. The molecule has 0 saturated carbocycles. The zero-order chi connectivity index (χ0) is 33.6. The average Bonchev–Trinajstić information content (AvgIpc) is 3.57. The van der Waals surface area contributed by atoms with E-state index in [0.29, 0.717) is 25.7 Å². The van der Waals surface area contributed by atoms with Crippen LogP contribution < -0.4 is 9.80 Å². The van der Waals surface area contributed by atoms with Crippen molar-refractivity contribution >= 4 is 35.0 Å². The van der Waals surface area contributed by atoms with Gasteiger partial charge in [0, 0.05) is 35.1 Å². The molecular formula is C40H44N2O4. The Morgan fingerprint density at radius 1 is 0.435 bits per heavy atom. The molecule has 3 aromatic carbocycles. The Hall–Kier alpha value is -4.58. The fourth-order valence-corrected chi connectivity index (χ4v) is 6.77. The second kappa shape index (κ2) is 12.3. The number of amides is 4. The number of carbonyl (C=O) groups excluding carboxylic acids is 4. The van der Waals surface area contributed by atoms with Gasteiger partial charge in [-0.2, -0.15) is 0 Å². The van der Waals surface area contributed by atoms with Gasteiger partial charge in [-0.3, -0.25) is 19.2 Å². The van der Waals surface area contributed by atoms with Crippen molar-refractivity contribution in [1.29, 1.82) is 0 Å². The van der Waals surface area contributed by atoms with Crippen LogP contribution in [0.3, 0.4) is 0 Å². The maximum Gasteiger partial charge on any atom is 0.258 e. The van der Waals surface area contributed by atoms with Crippen molar-refractivity contribution in [3.8, 4) is 0 Å². The van der Waals surface area contributed by atoms with Crippen molar-refractivity contribution in [3.05, 3.63) is 117 Å². The zero-order valence-electron chi connectivity index (χ0n) is 28.3. The topological polar surface area (TPSA) is 74.8 Å². The Morgan fingerprint density at radius 2 is 0.674 bits per heavy atom. The van der Waals surface area contributed by atoms with E-state index in [4.69, 9.17) is 0 Å². The SMILES string of the molecule is CCc1cc(C(C)(C)c2ccc(C(C)(C)c3cc(CC)c(N4C(=O)C=CC4=O)c(CC)c3)cc2)cc(CC)c1N1C(=O)C=CC1=O. The monoisotopic (exact) mass is 616 g/mol. The van der Waals surface area contributed by atoms with Crippen molar-refractivity contribution in [2.24, 2.45) is 0 Å². The molecule has 2 aliphatic heterocycles. The molecule has 2 heterocycles. The van der Waals surface area contributed by atoms with Gasteiger partial charge in [-0.25, -0.2) is 9.80 Å². The molecule has 0 aliphatic carbocycles. The third-order valence-corrected chi connectivity index (χ3v) is 9.90. The van der Waals surface area contributed by atoms with E-state index >= 15 is 0 Å². The Bertz CT molecular complexity index is 1590. The number of hydrogen-bond acceptors (Lipinski definition) is 4. The van der Waals surface area contributed by atoms with E-state index in [1.165, 1.54) is 34.1 Å². The number of benzene rings is 3. The summed E-state index contributed by atoms with van der Waals surface area (Å²) in [6.45, 7) is 17.1. The van der Waals surface area contributed by atoms with Crippen molar-refractivity contribution < 1.29 is 19.2 Å². The summed E-state index contributed by atoms with van der Waals surface area (Å²) >= 11 is 0. The van der Waals surface area contributed by atoms with Crippen LogP contribution in [-0.2, 0) is 55.7 Å². The lowest BCUT2D eigenvalue weighted by Crippen LogP contribution is -2.32. The number of nitrogens with zero attached hydrogens (tertiary/aromatic N) is 2. The molecule has 6 heteroatoms. The molecule has 5 rings (SSSR count). The number of anilines is 2. The molecule has 0 atom stereocenters. The molecule has 2 aliphatic rings. The predicted octanol–water partition coefficient (Wildman–Crippen LogP) is 7.45. The first kappa shape index (κ1) is 32.8. The van der Waals surface area contributed by atoms with Gasteiger partial charge in [-0.15, -0.1) is 0 Å². The second-order valence-electron chi connectivity index (χ2n) is 13.2. The Labute approximate surface area is 272 Å². The van der Waals surface area contributed by atoms with Gasteiger partial charge in [0.2, 0.25) is 0 Å². The number of aryl methyl sites for hydroxylation is 4. The molecule has 4 amide bonds. The summed E-state index contributed by atoms with van der Waals surface area (Å²) in [7, 11) is 0. The Morgan fingerprint density at radius 3 is 0.891 bits per heavy atom. The fourth-order valence-electron chi connectivity index (χ4n) is 6.77. The molecule has 0 spiro atoms. The number of imide groups is 2. The minimum Gasteiger partial charge on any atom is -0.269 e. The van der Waals surface area contributed by atoms with E-state index in [1.54, 1.807) is 0 Å². The van der Waals surface area contributed by atoms with Gasteiger partial charge in [-0.05, 0) is 70.2 Å². The van der Waals surface area contributed by atoms with Gasteiger partial charge < -0.3 is 0 Å². The molecule has 0 unspecified atom stereocenters. The van der Waals surface area contributed by atoms with Crippen molar-refractivity contribution in [3.63, 3.8) is 0 Å². The summed E-state index contributed by atoms with van der Waals surface area (Å²) in [5.74, 6) is -1.16. The molecular weight excluding hydrogens is 572 g/mol. The van der Waals surface area contributed by atoms with E-state index in [2.05, 4.69) is 104 Å². The minimum atomic E-state index is -0.332. The Kier molecular flexibility index (Phi) is 8.78. The third kappa shape index (κ3) is 5.44. The lowest BCUT2D eigenvalue weighted by atomic mass is 9.73. The number of hydrogen-bond donors (Lipinski definition) is 0. The van der Waals surface area contributed by atoms with Crippen LogP contribution in [0.4, 0.5) is 11.4 Å². The summed E-state index contributed by atoms with van der Waals surface area (Å²) < 4.78 is 0. The molecule has 6 nitrogen and oxygen atoms in total. The van der Waals surface area contributed by atoms with Gasteiger partial charge in [0.1, 0.15) is 0 Å². The van der Waals surface area contributed by atoms with Gasteiger partial charge in [0.15, 0.2) is 0 Å². The van der Waals surface area contributed by atoms with E-state index in [1.807, 2.05) is 0 Å². The smallest absolute Gasteiger partial charge is 0.258 e. The molecule has 0 radical (unpaired) electrons. The molecule has 0 bridgehead atoms. The van der Waals surface area contributed by atoms with Crippen LogP contribution in [0.25, 0.3) is 0 Å². The predicted molar refractivity (Wildman–Crippen MR) is 184 cm³/mol.